The van der Waals surface area contributed by atoms with E-state index in [9.17, 15) is 14.5 Å². The van der Waals surface area contributed by atoms with E-state index in [0.29, 0.717) is 6.07 Å². The molecule has 0 fully saturated rings. The normalized spacial score (nSPS) is 11.4. The molecule has 0 aliphatic carbocycles. The van der Waals surface area contributed by atoms with Gasteiger partial charge in [-0.2, -0.15) is 0 Å². The molecule has 0 atom stereocenters. The molecule has 14 heavy (non-hydrogen) atoms. The lowest BCUT2D eigenvalue weighted by molar-refractivity contribution is -0.385. The Morgan fingerprint density at radius 3 is 2.71 bits per heavy atom. The van der Waals surface area contributed by atoms with Crippen LogP contribution in [-0.2, 0) is 0 Å². The van der Waals surface area contributed by atoms with Crippen molar-refractivity contribution in [3.8, 4) is 0 Å². The lowest BCUT2D eigenvalue weighted by Crippen LogP contribution is -2.15. The van der Waals surface area contributed by atoms with Crippen molar-refractivity contribution in [3.63, 3.8) is 0 Å². The minimum atomic E-state index is -0.908. The second-order valence-corrected chi connectivity index (χ2v) is 2.41. The van der Waals surface area contributed by atoms with Gasteiger partial charge in [-0.1, -0.05) is 5.16 Å². The summed E-state index contributed by atoms with van der Waals surface area (Å²) in [4.78, 5) is 9.49. The fraction of sp³-hybridized carbons (Fsp3) is 0. The van der Waals surface area contributed by atoms with Gasteiger partial charge in [0.2, 0.25) is 0 Å². The molecule has 0 bridgehead atoms. The molecule has 1 aromatic rings. The molecule has 0 unspecified atom stereocenters. The smallest absolute Gasteiger partial charge is 0.272 e. The first-order valence-electron chi connectivity index (χ1n) is 3.48. The molecule has 74 valence electrons. The summed E-state index contributed by atoms with van der Waals surface area (Å²) >= 11 is 0. The molecule has 0 heterocycles. The summed E-state index contributed by atoms with van der Waals surface area (Å²) in [6, 6.07) is 2.84. The average Bonchev–Trinajstić information content (AvgIpc) is 2.16. The van der Waals surface area contributed by atoms with E-state index in [-0.39, 0.29) is 5.56 Å². The number of nitro groups is 1. The molecule has 0 aliphatic heterocycles. The number of rotatable bonds is 2. The van der Waals surface area contributed by atoms with Crippen molar-refractivity contribution >= 4 is 11.5 Å². The van der Waals surface area contributed by atoms with Gasteiger partial charge in [0, 0.05) is 6.07 Å². The molecule has 0 spiro atoms. The topological polar surface area (TPSA) is 102 Å². The number of oxime groups is 1. The predicted molar refractivity (Wildman–Crippen MR) is 45.6 cm³/mol. The van der Waals surface area contributed by atoms with E-state index in [2.05, 4.69) is 5.16 Å². The van der Waals surface area contributed by atoms with Gasteiger partial charge in [0.15, 0.2) is 5.84 Å². The summed E-state index contributed by atoms with van der Waals surface area (Å²) in [6.45, 7) is 0. The van der Waals surface area contributed by atoms with Crippen LogP contribution in [0.2, 0.25) is 0 Å². The quantitative estimate of drug-likeness (QED) is 0.242. The first kappa shape index (κ1) is 9.90. The Labute approximate surface area is 77.6 Å². The van der Waals surface area contributed by atoms with Crippen molar-refractivity contribution in [1.29, 1.82) is 0 Å². The molecule has 0 amide bonds. The van der Waals surface area contributed by atoms with Gasteiger partial charge in [0.1, 0.15) is 5.82 Å². The first-order chi connectivity index (χ1) is 6.56. The Bertz CT molecular complexity index is 405. The molecule has 0 saturated heterocycles. The number of nitrogens with zero attached hydrogens (tertiary/aromatic N) is 2. The Morgan fingerprint density at radius 2 is 2.29 bits per heavy atom. The monoisotopic (exact) mass is 199 g/mol. The highest BCUT2D eigenvalue weighted by molar-refractivity contribution is 5.97. The predicted octanol–water partition coefficient (Wildman–Crippen LogP) is 0.828. The zero-order chi connectivity index (χ0) is 10.7. The van der Waals surface area contributed by atoms with Gasteiger partial charge in [-0.05, 0) is 6.07 Å². The third-order valence-electron chi connectivity index (χ3n) is 1.55. The largest absolute Gasteiger partial charge is 0.409 e. The van der Waals surface area contributed by atoms with Crippen LogP contribution in [0.4, 0.5) is 10.1 Å². The highest BCUT2D eigenvalue weighted by atomic mass is 19.1. The Morgan fingerprint density at radius 1 is 1.64 bits per heavy atom. The number of non-ortho nitro benzene ring substituents is 1. The number of benzene rings is 1. The molecule has 0 saturated carbocycles. The molecule has 7 heteroatoms. The average molecular weight is 199 g/mol. The fourth-order valence-electron chi connectivity index (χ4n) is 0.879. The van der Waals surface area contributed by atoms with Crippen LogP contribution < -0.4 is 5.73 Å². The minimum absolute atomic E-state index is 0.182. The van der Waals surface area contributed by atoms with Gasteiger partial charge in [-0.15, -0.1) is 0 Å². The van der Waals surface area contributed by atoms with Crippen LogP contribution in [0.25, 0.3) is 0 Å². The lowest BCUT2D eigenvalue weighted by atomic mass is 10.2. The Hall–Kier alpha value is -2.18. The van der Waals surface area contributed by atoms with Crippen LogP contribution in [0.5, 0.6) is 0 Å². The second kappa shape index (κ2) is 3.69. The zero-order valence-electron chi connectivity index (χ0n) is 6.85. The first-order valence-corrected chi connectivity index (χ1v) is 3.48. The van der Waals surface area contributed by atoms with E-state index in [1.54, 1.807) is 0 Å². The van der Waals surface area contributed by atoms with E-state index in [0.717, 1.165) is 12.1 Å². The van der Waals surface area contributed by atoms with Gasteiger partial charge in [-0.25, -0.2) is 4.39 Å². The van der Waals surface area contributed by atoms with Crippen LogP contribution in [-0.4, -0.2) is 16.0 Å². The minimum Gasteiger partial charge on any atom is -0.409 e. The molecule has 0 aromatic heterocycles. The standard InChI is InChI=1S/C7H6FN3O3/c8-6-3-4(11(13)14)1-2-5(6)7(9)10-12/h1-3,12H,(H2,9,10). The van der Waals surface area contributed by atoms with Gasteiger partial charge in [0.05, 0.1) is 16.6 Å². The van der Waals surface area contributed by atoms with Crippen LogP contribution in [0.15, 0.2) is 23.4 Å². The Balaban J connectivity index is 3.20. The highest BCUT2D eigenvalue weighted by Crippen LogP contribution is 2.16. The summed E-state index contributed by atoms with van der Waals surface area (Å²) in [6.07, 6.45) is 0. The van der Waals surface area contributed by atoms with Gasteiger partial charge >= 0.3 is 0 Å². The van der Waals surface area contributed by atoms with Crippen LogP contribution in [0, 0.1) is 15.9 Å². The van der Waals surface area contributed by atoms with Crippen molar-refractivity contribution in [2.75, 3.05) is 0 Å². The SMILES string of the molecule is NC(=NO)c1ccc([N+](=O)[O-])cc1F. The number of amidine groups is 1. The maximum atomic E-state index is 13.1. The summed E-state index contributed by atoms with van der Waals surface area (Å²) in [5, 5.41) is 21.1. The maximum absolute atomic E-state index is 13.1. The number of hydrogen-bond donors (Lipinski definition) is 2. The summed E-state index contributed by atoms with van der Waals surface area (Å²) in [5.41, 5.74) is 4.54. The summed E-state index contributed by atoms with van der Waals surface area (Å²) < 4.78 is 13.1. The molecule has 6 nitrogen and oxygen atoms in total. The number of halogens is 1. The van der Waals surface area contributed by atoms with Crippen molar-refractivity contribution in [2.24, 2.45) is 10.9 Å². The molecule has 0 aliphatic rings. The third kappa shape index (κ3) is 1.76. The van der Waals surface area contributed by atoms with Crippen molar-refractivity contribution < 1.29 is 14.5 Å². The molecular weight excluding hydrogens is 193 g/mol. The van der Waals surface area contributed by atoms with E-state index < -0.39 is 22.3 Å². The number of hydrogen-bond acceptors (Lipinski definition) is 4. The fourth-order valence-corrected chi connectivity index (χ4v) is 0.879. The van der Waals surface area contributed by atoms with E-state index in [1.165, 1.54) is 0 Å². The molecular formula is C7H6FN3O3. The van der Waals surface area contributed by atoms with Gasteiger partial charge in [-0.3, -0.25) is 10.1 Å². The second-order valence-electron chi connectivity index (χ2n) is 2.41. The summed E-state index contributed by atoms with van der Waals surface area (Å²) in [7, 11) is 0. The number of nitrogens with two attached hydrogens (primary N) is 1. The summed E-state index contributed by atoms with van der Waals surface area (Å²) in [5.74, 6) is -1.34. The highest BCUT2D eigenvalue weighted by Gasteiger charge is 2.12. The van der Waals surface area contributed by atoms with Crippen LogP contribution >= 0.6 is 0 Å². The molecule has 1 aromatic carbocycles. The molecule has 3 N–H and O–H groups in total. The number of nitro benzene ring substituents is 1. The van der Waals surface area contributed by atoms with E-state index in [4.69, 9.17) is 10.9 Å². The van der Waals surface area contributed by atoms with Crippen molar-refractivity contribution in [2.45, 2.75) is 0 Å². The lowest BCUT2D eigenvalue weighted by Gasteiger charge is -1.99. The van der Waals surface area contributed by atoms with Gasteiger partial charge < -0.3 is 10.9 Å². The Kier molecular flexibility index (Phi) is 2.61. The molecule has 1 rings (SSSR count). The molecule has 0 radical (unpaired) electrons. The van der Waals surface area contributed by atoms with Crippen LogP contribution in [0.3, 0.4) is 0 Å². The third-order valence-corrected chi connectivity index (χ3v) is 1.55. The van der Waals surface area contributed by atoms with Crippen molar-refractivity contribution in [3.05, 3.63) is 39.7 Å². The van der Waals surface area contributed by atoms with Gasteiger partial charge in [0.25, 0.3) is 5.69 Å². The zero-order valence-corrected chi connectivity index (χ0v) is 6.85. The maximum Gasteiger partial charge on any atom is 0.272 e. The van der Waals surface area contributed by atoms with Crippen LogP contribution in [0.1, 0.15) is 5.56 Å². The van der Waals surface area contributed by atoms with E-state index >= 15 is 0 Å². The van der Waals surface area contributed by atoms with E-state index in [1.807, 2.05) is 0 Å². The van der Waals surface area contributed by atoms with Crippen molar-refractivity contribution in [1.82, 2.24) is 0 Å².